The van der Waals surface area contributed by atoms with Crippen LogP contribution in [0, 0.1) is 11.6 Å². The molecule has 0 aliphatic carbocycles. The molecule has 0 bridgehead atoms. The van der Waals surface area contributed by atoms with E-state index in [1.165, 1.54) is 24.3 Å². The maximum atomic E-state index is 13.0. The first-order chi connectivity index (χ1) is 9.06. The van der Waals surface area contributed by atoms with E-state index in [-0.39, 0.29) is 21.5 Å². The summed E-state index contributed by atoms with van der Waals surface area (Å²) in [6.45, 7) is 0. The van der Waals surface area contributed by atoms with Gasteiger partial charge in [0.05, 0.1) is 10.0 Å². The van der Waals surface area contributed by atoms with Gasteiger partial charge >= 0.3 is 7.69 Å². The van der Waals surface area contributed by atoms with Crippen molar-refractivity contribution in [1.29, 1.82) is 0 Å². The topological polar surface area (TPSA) is 18.5 Å². The van der Waals surface area contributed by atoms with Crippen molar-refractivity contribution in [2.24, 2.45) is 0 Å². The van der Waals surface area contributed by atoms with Crippen LogP contribution in [-0.2, 0) is 0 Å². The number of rotatable bonds is 4. The lowest BCUT2D eigenvalue weighted by atomic mass is 10.3. The standard InChI is InChI=1S/C12H6BCl2F2O2/c14-9-3-1-7(16)5-11(9)18-13-19-12-6-8(17)2-4-10(12)15/h1-6H. The van der Waals surface area contributed by atoms with Crippen LogP contribution in [-0.4, -0.2) is 7.69 Å². The Bertz CT molecular complexity index is 544. The van der Waals surface area contributed by atoms with Gasteiger partial charge in [-0.15, -0.1) is 0 Å². The molecule has 0 atom stereocenters. The van der Waals surface area contributed by atoms with E-state index >= 15 is 0 Å². The minimum atomic E-state index is -0.503. The molecule has 7 heteroatoms. The molecule has 0 saturated carbocycles. The molecular formula is C12H6BCl2F2O2. The minimum Gasteiger partial charge on any atom is -0.525 e. The molecule has 2 aromatic carbocycles. The Morgan fingerprint density at radius 1 is 0.789 bits per heavy atom. The molecule has 0 fully saturated rings. The highest BCUT2D eigenvalue weighted by molar-refractivity contribution is 6.33. The van der Waals surface area contributed by atoms with Gasteiger partial charge in [-0.3, -0.25) is 0 Å². The van der Waals surface area contributed by atoms with Gasteiger partial charge in [0.15, 0.2) is 0 Å². The first-order valence-electron chi connectivity index (χ1n) is 5.11. The third-order valence-corrected chi connectivity index (χ3v) is 2.76. The van der Waals surface area contributed by atoms with Gasteiger partial charge in [-0.25, -0.2) is 8.78 Å². The van der Waals surface area contributed by atoms with E-state index in [4.69, 9.17) is 32.5 Å². The molecule has 0 aliphatic rings. The summed E-state index contributed by atoms with van der Waals surface area (Å²) in [5.74, 6) is -0.850. The molecular weight excluding hydrogens is 296 g/mol. The van der Waals surface area contributed by atoms with E-state index in [0.717, 1.165) is 19.8 Å². The summed E-state index contributed by atoms with van der Waals surface area (Å²) in [6.07, 6.45) is 0. The normalized spacial score (nSPS) is 10.1. The van der Waals surface area contributed by atoms with Gasteiger partial charge in [-0.2, -0.15) is 0 Å². The molecule has 0 spiro atoms. The van der Waals surface area contributed by atoms with Crippen molar-refractivity contribution >= 4 is 30.9 Å². The fourth-order valence-corrected chi connectivity index (χ4v) is 1.59. The molecule has 19 heavy (non-hydrogen) atoms. The molecule has 0 aliphatic heterocycles. The van der Waals surface area contributed by atoms with Gasteiger partial charge in [-0.05, 0) is 24.3 Å². The van der Waals surface area contributed by atoms with Gasteiger partial charge < -0.3 is 9.31 Å². The van der Waals surface area contributed by atoms with E-state index in [2.05, 4.69) is 0 Å². The molecule has 2 aromatic rings. The van der Waals surface area contributed by atoms with Gasteiger partial charge in [-0.1, -0.05) is 23.2 Å². The summed E-state index contributed by atoms with van der Waals surface area (Å²) in [5.41, 5.74) is 0. The van der Waals surface area contributed by atoms with Crippen LogP contribution in [0.3, 0.4) is 0 Å². The van der Waals surface area contributed by atoms with Crippen LogP contribution in [0.5, 0.6) is 11.5 Å². The lowest BCUT2D eigenvalue weighted by molar-refractivity contribution is 0.454. The van der Waals surface area contributed by atoms with Crippen molar-refractivity contribution in [2.75, 3.05) is 0 Å². The zero-order chi connectivity index (χ0) is 13.8. The van der Waals surface area contributed by atoms with Crippen LogP contribution in [0.2, 0.25) is 10.0 Å². The van der Waals surface area contributed by atoms with E-state index in [9.17, 15) is 8.78 Å². The average Bonchev–Trinajstić information content (AvgIpc) is 2.38. The predicted octanol–water partition coefficient (Wildman–Crippen LogP) is 4.26. The largest absolute Gasteiger partial charge is 0.658 e. The molecule has 2 rings (SSSR count). The van der Waals surface area contributed by atoms with Crippen molar-refractivity contribution < 1.29 is 18.1 Å². The summed E-state index contributed by atoms with van der Waals surface area (Å²) in [6, 6.07) is 7.26. The number of hydrogen-bond donors (Lipinski definition) is 0. The first-order valence-corrected chi connectivity index (χ1v) is 5.87. The van der Waals surface area contributed by atoms with Gasteiger partial charge in [0.1, 0.15) is 23.1 Å². The maximum Gasteiger partial charge on any atom is 0.658 e. The number of benzene rings is 2. The SMILES string of the molecule is Fc1ccc(Cl)c(O[B]Oc2cc(F)ccc2Cl)c1. The maximum absolute atomic E-state index is 13.0. The Balaban J connectivity index is 2.00. The second-order valence-electron chi connectivity index (χ2n) is 3.48. The van der Waals surface area contributed by atoms with Crippen LogP contribution in [0.1, 0.15) is 0 Å². The van der Waals surface area contributed by atoms with E-state index in [1.54, 1.807) is 0 Å². The van der Waals surface area contributed by atoms with Gasteiger partial charge in [0.2, 0.25) is 0 Å². The van der Waals surface area contributed by atoms with Crippen molar-refractivity contribution in [1.82, 2.24) is 0 Å². The zero-order valence-electron chi connectivity index (χ0n) is 9.37. The molecule has 0 heterocycles. The van der Waals surface area contributed by atoms with Crippen LogP contribution >= 0.6 is 23.2 Å². The number of hydrogen-bond acceptors (Lipinski definition) is 2. The number of halogens is 4. The van der Waals surface area contributed by atoms with Crippen molar-refractivity contribution in [3.8, 4) is 11.5 Å². The van der Waals surface area contributed by atoms with Crippen LogP contribution in [0.4, 0.5) is 8.78 Å². The van der Waals surface area contributed by atoms with Gasteiger partial charge in [0, 0.05) is 12.1 Å². The summed E-state index contributed by atoms with van der Waals surface area (Å²) in [5, 5.41) is 0.429. The lowest BCUT2D eigenvalue weighted by Gasteiger charge is -2.09. The molecule has 0 amide bonds. The summed E-state index contributed by atoms with van der Waals surface area (Å²) < 4.78 is 35.9. The summed E-state index contributed by atoms with van der Waals surface area (Å²) in [4.78, 5) is 0. The molecule has 0 unspecified atom stereocenters. The molecule has 0 saturated heterocycles. The third-order valence-electron chi connectivity index (χ3n) is 2.14. The third kappa shape index (κ3) is 3.75. The quantitative estimate of drug-likeness (QED) is 0.786. The molecule has 97 valence electrons. The molecule has 0 N–H and O–H groups in total. The van der Waals surface area contributed by atoms with Crippen LogP contribution in [0.15, 0.2) is 36.4 Å². The molecule has 1 radical (unpaired) electrons. The second kappa shape index (κ2) is 6.13. The Morgan fingerprint density at radius 3 is 1.63 bits per heavy atom. The van der Waals surface area contributed by atoms with Crippen molar-refractivity contribution in [3.63, 3.8) is 0 Å². The van der Waals surface area contributed by atoms with Crippen LogP contribution < -0.4 is 9.31 Å². The lowest BCUT2D eigenvalue weighted by Crippen LogP contribution is -2.11. The van der Waals surface area contributed by atoms with Crippen molar-refractivity contribution in [3.05, 3.63) is 58.1 Å². The Morgan fingerprint density at radius 2 is 1.21 bits per heavy atom. The zero-order valence-corrected chi connectivity index (χ0v) is 10.9. The Kier molecular flexibility index (Phi) is 4.50. The predicted molar refractivity (Wildman–Crippen MR) is 69.8 cm³/mol. The fourth-order valence-electron chi connectivity index (χ4n) is 1.26. The van der Waals surface area contributed by atoms with E-state index in [0.29, 0.717) is 0 Å². The highest BCUT2D eigenvalue weighted by atomic mass is 35.5. The highest BCUT2D eigenvalue weighted by Crippen LogP contribution is 2.27. The van der Waals surface area contributed by atoms with Gasteiger partial charge in [0.25, 0.3) is 0 Å². The summed E-state index contributed by atoms with van der Waals surface area (Å²) >= 11 is 11.6. The monoisotopic (exact) mass is 301 g/mol. The Labute approximate surface area is 119 Å². The fraction of sp³-hybridized carbons (Fsp3) is 0. The van der Waals surface area contributed by atoms with E-state index < -0.39 is 11.6 Å². The van der Waals surface area contributed by atoms with E-state index in [1.807, 2.05) is 0 Å². The highest BCUT2D eigenvalue weighted by Gasteiger charge is 2.09. The minimum absolute atomic E-state index is 0.0780. The molecule has 2 nitrogen and oxygen atoms in total. The Hall–Kier alpha value is -1.46. The molecule has 0 aromatic heterocycles. The first kappa shape index (κ1) is 14.0. The average molecular weight is 302 g/mol. The second-order valence-corrected chi connectivity index (χ2v) is 4.30. The summed E-state index contributed by atoms with van der Waals surface area (Å²) in [7, 11) is 0.890. The smallest absolute Gasteiger partial charge is 0.525 e. The van der Waals surface area contributed by atoms with Crippen LogP contribution in [0.25, 0.3) is 0 Å². The van der Waals surface area contributed by atoms with Crippen molar-refractivity contribution in [2.45, 2.75) is 0 Å².